The number of fused-ring (bicyclic) bond motifs is 1. The SMILES string of the molecule is CC.O=C(O)c1nc2ccccc2s1. The van der Waals surface area contributed by atoms with Crippen LogP contribution in [0, 0.1) is 0 Å². The summed E-state index contributed by atoms with van der Waals surface area (Å²) >= 11 is 1.19. The van der Waals surface area contributed by atoms with Crippen molar-refractivity contribution in [3.8, 4) is 0 Å². The Balaban J connectivity index is 0.000000461. The highest BCUT2D eigenvalue weighted by Gasteiger charge is 2.08. The minimum absolute atomic E-state index is 0.149. The predicted molar refractivity (Wildman–Crippen MR) is 57.9 cm³/mol. The van der Waals surface area contributed by atoms with Crippen LogP contribution in [0.1, 0.15) is 23.6 Å². The number of carboxylic acid groups (broad SMARTS) is 1. The van der Waals surface area contributed by atoms with Gasteiger partial charge in [0.15, 0.2) is 0 Å². The minimum atomic E-state index is -0.962. The molecule has 0 saturated heterocycles. The average molecular weight is 209 g/mol. The van der Waals surface area contributed by atoms with Crippen molar-refractivity contribution in [1.29, 1.82) is 0 Å². The summed E-state index contributed by atoms with van der Waals surface area (Å²) in [6, 6.07) is 7.37. The zero-order valence-corrected chi connectivity index (χ0v) is 8.84. The van der Waals surface area contributed by atoms with Crippen LogP contribution in [-0.2, 0) is 0 Å². The molecule has 0 aliphatic heterocycles. The molecule has 4 heteroatoms. The van der Waals surface area contributed by atoms with Gasteiger partial charge in [-0.3, -0.25) is 0 Å². The third-order valence-corrected chi connectivity index (χ3v) is 2.50. The first-order chi connectivity index (χ1) is 6.77. The molecule has 1 N–H and O–H groups in total. The van der Waals surface area contributed by atoms with Gasteiger partial charge < -0.3 is 5.11 Å². The quantitative estimate of drug-likeness (QED) is 0.785. The number of nitrogens with zero attached hydrogens (tertiary/aromatic N) is 1. The molecule has 2 aromatic rings. The molecule has 2 rings (SSSR count). The minimum Gasteiger partial charge on any atom is -0.476 e. The second-order valence-electron chi connectivity index (χ2n) is 2.29. The summed E-state index contributed by atoms with van der Waals surface area (Å²) in [5.41, 5.74) is 0.750. The van der Waals surface area contributed by atoms with Gasteiger partial charge in [0.1, 0.15) is 0 Å². The van der Waals surface area contributed by atoms with Crippen molar-refractivity contribution in [2.75, 3.05) is 0 Å². The Morgan fingerprint density at radius 3 is 2.57 bits per heavy atom. The molecule has 0 spiro atoms. The van der Waals surface area contributed by atoms with E-state index in [0.717, 1.165) is 10.2 Å². The van der Waals surface area contributed by atoms with Crippen LogP contribution in [0.4, 0.5) is 0 Å². The smallest absolute Gasteiger partial charge is 0.365 e. The maximum atomic E-state index is 10.5. The molecule has 0 aliphatic rings. The van der Waals surface area contributed by atoms with Gasteiger partial charge in [-0.25, -0.2) is 9.78 Å². The summed E-state index contributed by atoms with van der Waals surface area (Å²) in [6.07, 6.45) is 0. The largest absolute Gasteiger partial charge is 0.476 e. The second kappa shape index (κ2) is 4.72. The van der Waals surface area contributed by atoms with Crippen molar-refractivity contribution in [2.24, 2.45) is 0 Å². The van der Waals surface area contributed by atoms with Gasteiger partial charge in [0.25, 0.3) is 0 Å². The first-order valence-electron chi connectivity index (χ1n) is 4.36. The molecule has 1 aromatic carbocycles. The number of para-hydroxylation sites is 1. The number of hydrogen-bond acceptors (Lipinski definition) is 3. The fraction of sp³-hybridized carbons (Fsp3) is 0.200. The number of rotatable bonds is 1. The van der Waals surface area contributed by atoms with Crippen molar-refractivity contribution in [2.45, 2.75) is 13.8 Å². The summed E-state index contributed by atoms with van der Waals surface area (Å²) in [5, 5.41) is 8.78. The molecule has 1 aromatic heterocycles. The predicted octanol–water partition coefficient (Wildman–Crippen LogP) is 3.02. The highest BCUT2D eigenvalue weighted by Crippen LogP contribution is 2.20. The second-order valence-corrected chi connectivity index (χ2v) is 3.32. The number of carboxylic acids is 1. The monoisotopic (exact) mass is 209 g/mol. The zero-order valence-electron chi connectivity index (χ0n) is 8.02. The van der Waals surface area contributed by atoms with E-state index in [-0.39, 0.29) is 5.01 Å². The lowest BCUT2D eigenvalue weighted by atomic mass is 10.3. The fourth-order valence-electron chi connectivity index (χ4n) is 0.964. The molecule has 0 saturated carbocycles. The van der Waals surface area contributed by atoms with Crippen molar-refractivity contribution in [1.82, 2.24) is 4.98 Å². The summed E-state index contributed by atoms with van der Waals surface area (Å²) in [4.78, 5) is 14.4. The molecule has 0 unspecified atom stereocenters. The van der Waals surface area contributed by atoms with Crippen molar-refractivity contribution in [3.63, 3.8) is 0 Å². The highest BCUT2D eigenvalue weighted by molar-refractivity contribution is 7.20. The van der Waals surface area contributed by atoms with Crippen LogP contribution in [-0.4, -0.2) is 16.1 Å². The van der Waals surface area contributed by atoms with E-state index in [1.54, 1.807) is 6.07 Å². The molecular formula is C10H11NO2S. The Bertz CT molecular complexity index is 403. The Morgan fingerprint density at radius 2 is 2.00 bits per heavy atom. The number of carbonyl (C=O) groups is 1. The van der Waals surface area contributed by atoms with Crippen LogP contribution < -0.4 is 0 Å². The molecule has 0 fully saturated rings. The normalized spacial score (nSPS) is 9.29. The molecule has 0 radical (unpaired) electrons. The lowest BCUT2D eigenvalue weighted by Crippen LogP contribution is -1.93. The first-order valence-corrected chi connectivity index (χ1v) is 5.18. The van der Waals surface area contributed by atoms with Crippen LogP contribution in [0.2, 0.25) is 0 Å². The van der Waals surface area contributed by atoms with E-state index in [2.05, 4.69) is 4.98 Å². The van der Waals surface area contributed by atoms with E-state index in [0.29, 0.717) is 0 Å². The Hall–Kier alpha value is -1.42. The molecular weight excluding hydrogens is 198 g/mol. The third kappa shape index (κ3) is 2.09. The summed E-state index contributed by atoms with van der Waals surface area (Å²) in [5.74, 6) is -0.962. The lowest BCUT2D eigenvalue weighted by molar-refractivity contribution is 0.0696. The van der Waals surface area contributed by atoms with Gasteiger partial charge in [0.05, 0.1) is 10.2 Å². The number of thiazole rings is 1. The molecule has 3 nitrogen and oxygen atoms in total. The molecule has 0 atom stereocenters. The van der Waals surface area contributed by atoms with Crippen LogP contribution in [0.15, 0.2) is 24.3 Å². The standard InChI is InChI=1S/C8H5NO2S.C2H6/c10-8(11)7-9-5-3-1-2-4-6(5)12-7;1-2/h1-4H,(H,10,11);1-2H3. The van der Waals surface area contributed by atoms with Gasteiger partial charge >= 0.3 is 5.97 Å². The van der Waals surface area contributed by atoms with E-state index in [4.69, 9.17) is 5.11 Å². The van der Waals surface area contributed by atoms with Gasteiger partial charge in [-0.15, -0.1) is 11.3 Å². The summed E-state index contributed by atoms with van der Waals surface area (Å²) in [6.45, 7) is 4.00. The van der Waals surface area contributed by atoms with Crippen LogP contribution in [0.3, 0.4) is 0 Å². The van der Waals surface area contributed by atoms with Gasteiger partial charge in [-0.05, 0) is 12.1 Å². The van der Waals surface area contributed by atoms with Crippen molar-refractivity contribution in [3.05, 3.63) is 29.3 Å². The Labute approximate surface area is 86.0 Å². The summed E-state index contributed by atoms with van der Waals surface area (Å²) in [7, 11) is 0. The van der Waals surface area contributed by atoms with E-state index >= 15 is 0 Å². The third-order valence-electron chi connectivity index (χ3n) is 1.48. The van der Waals surface area contributed by atoms with E-state index in [1.807, 2.05) is 32.0 Å². The maximum Gasteiger partial charge on any atom is 0.365 e. The topological polar surface area (TPSA) is 50.2 Å². The van der Waals surface area contributed by atoms with E-state index in [9.17, 15) is 4.79 Å². The zero-order chi connectivity index (χ0) is 10.6. The van der Waals surface area contributed by atoms with E-state index in [1.165, 1.54) is 11.3 Å². The molecule has 1 heterocycles. The van der Waals surface area contributed by atoms with Crippen LogP contribution in [0.5, 0.6) is 0 Å². The first kappa shape index (κ1) is 10.7. The average Bonchev–Trinajstić information content (AvgIpc) is 2.64. The highest BCUT2D eigenvalue weighted by atomic mass is 32.1. The molecule has 14 heavy (non-hydrogen) atoms. The van der Waals surface area contributed by atoms with Crippen molar-refractivity contribution < 1.29 is 9.90 Å². The van der Waals surface area contributed by atoms with Gasteiger partial charge in [0, 0.05) is 0 Å². The number of benzene rings is 1. The van der Waals surface area contributed by atoms with Crippen molar-refractivity contribution >= 4 is 27.5 Å². The number of aromatic nitrogens is 1. The maximum absolute atomic E-state index is 10.5. The van der Waals surface area contributed by atoms with Crippen LogP contribution in [0.25, 0.3) is 10.2 Å². The molecule has 0 amide bonds. The van der Waals surface area contributed by atoms with Crippen LogP contribution >= 0.6 is 11.3 Å². The molecule has 74 valence electrons. The van der Waals surface area contributed by atoms with Gasteiger partial charge in [0.2, 0.25) is 5.01 Å². The van der Waals surface area contributed by atoms with Gasteiger partial charge in [-0.1, -0.05) is 26.0 Å². The summed E-state index contributed by atoms with van der Waals surface area (Å²) < 4.78 is 0.912. The molecule has 0 aliphatic carbocycles. The molecule has 0 bridgehead atoms. The number of hydrogen-bond donors (Lipinski definition) is 1. The van der Waals surface area contributed by atoms with Gasteiger partial charge in [-0.2, -0.15) is 0 Å². The fourth-order valence-corrected chi connectivity index (χ4v) is 1.77. The Morgan fingerprint density at radius 1 is 1.36 bits per heavy atom. The Kier molecular flexibility index (Phi) is 3.59. The van der Waals surface area contributed by atoms with E-state index < -0.39 is 5.97 Å². The number of aromatic carboxylic acids is 1. The lowest BCUT2D eigenvalue weighted by Gasteiger charge is -1.80.